The Morgan fingerprint density at radius 2 is 1.97 bits per heavy atom. The Bertz CT molecular complexity index is 1030. The molecular weight excluding hydrogens is 414 g/mol. The third kappa shape index (κ3) is 4.05. The van der Waals surface area contributed by atoms with Crippen LogP contribution in [-0.4, -0.2) is 14.8 Å². The minimum Gasteiger partial charge on any atom is -0.482 e. The van der Waals surface area contributed by atoms with E-state index in [9.17, 15) is 4.39 Å². The van der Waals surface area contributed by atoms with Gasteiger partial charge in [-0.3, -0.25) is 4.68 Å². The molecule has 1 atom stereocenters. The van der Waals surface area contributed by atoms with Crippen LogP contribution in [0.3, 0.4) is 0 Å². The van der Waals surface area contributed by atoms with Gasteiger partial charge in [0.05, 0.1) is 17.3 Å². The summed E-state index contributed by atoms with van der Waals surface area (Å²) >= 11 is 12.3. The predicted molar refractivity (Wildman–Crippen MR) is 113 cm³/mol. The number of nitrogen functional groups attached to an aromatic ring is 1. The van der Waals surface area contributed by atoms with Crippen molar-refractivity contribution in [2.24, 2.45) is 0 Å². The molecule has 0 saturated heterocycles. The van der Waals surface area contributed by atoms with Crippen molar-refractivity contribution < 1.29 is 9.13 Å². The molecule has 2 aromatic heterocycles. The lowest BCUT2D eigenvalue weighted by Crippen LogP contribution is -2.08. The first-order chi connectivity index (χ1) is 13.9. The van der Waals surface area contributed by atoms with Gasteiger partial charge in [0.2, 0.25) is 0 Å². The molecule has 29 heavy (non-hydrogen) atoms. The fourth-order valence-corrected chi connectivity index (χ4v) is 4.41. The number of hydrogen-bond acceptors (Lipinski definition) is 4. The fraction of sp³-hybridized carbons (Fsp3) is 0.333. The van der Waals surface area contributed by atoms with Gasteiger partial charge in [0, 0.05) is 34.1 Å². The third-order valence-corrected chi connectivity index (χ3v) is 6.02. The van der Waals surface area contributed by atoms with Crippen LogP contribution < -0.4 is 10.5 Å². The summed E-state index contributed by atoms with van der Waals surface area (Å²) in [7, 11) is 0. The van der Waals surface area contributed by atoms with Crippen molar-refractivity contribution >= 4 is 29.0 Å². The van der Waals surface area contributed by atoms with Crippen molar-refractivity contribution in [2.45, 2.75) is 44.8 Å². The lowest BCUT2D eigenvalue weighted by molar-refractivity contribution is 0.227. The van der Waals surface area contributed by atoms with E-state index < -0.39 is 11.9 Å². The molecule has 5 nitrogen and oxygen atoms in total. The first-order valence-corrected chi connectivity index (χ1v) is 10.3. The van der Waals surface area contributed by atoms with Gasteiger partial charge in [-0.15, -0.1) is 0 Å². The fourth-order valence-electron chi connectivity index (χ4n) is 3.73. The molecule has 0 spiro atoms. The van der Waals surface area contributed by atoms with Crippen LogP contribution >= 0.6 is 23.2 Å². The summed E-state index contributed by atoms with van der Waals surface area (Å²) in [4.78, 5) is 4.25. The van der Waals surface area contributed by atoms with Gasteiger partial charge in [-0.05, 0) is 38.0 Å². The Labute approximate surface area is 178 Å². The van der Waals surface area contributed by atoms with E-state index in [0.29, 0.717) is 22.4 Å². The number of rotatable bonds is 5. The largest absolute Gasteiger partial charge is 0.482 e. The van der Waals surface area contributed by atoms with Crippen LogP contribution in [0.25, 0.3) is 11.1 Å². The summed E-state index contributed by atoms with van der Waals surface area (Å²) in [5.74, 6) is 0.0492. The van der Waals surface area contributed by atoms with Crippen LogP contribution in [0, 0.1) is 5.82 Å². The minimum absolute atomic E-state index is 0.0643. The highest BCUT2D eigenvalue weighted by atomic mass is 35.5. The van der Waals surface area contributed by atoms with Crippen LogP contribution in [0.4, 0.5) is 10.2 Å². The van der Waals surface area contributed by atoms with Crippen molar-refractivity contribution in [3.63, 3.8) is 0 Å². The summed E-state index contributed by atoms with van der Waals surface area (Å²) < 4.78 is 21.8. The first-order valence-electron chi connectivity index (χ1n) is 9.54. The first kappa shape index (κ1) is 20.0. The molecule has 1 unspecified atom stereocenters. The maximum absolute atomic E-state index is 13.9. The number of ether oxygens (including phenoxy) is 1. The molecule has 1 fully saturated rings. The van der Waals surface area contributed by atoms with E-state index in [-0.39, 0.29) is 10.8 Å². The molecule has 8 heteroatoms. The molecular formula is C21H21Cl2FN4O. The average molecular weight is 435 g/mol. The highest BCUT2D eigenvalue weighted by molar-refractivity contribution is 6.36. The van der Waals surface area contributed by atoms with Gasteiger partial charge in [-0.1, -0.05) is 36.0 Å². The van der Waals surface area contributed by atoms with Crippen molar-refractivity contribution in [3.8, 4) is 16.9 Å². The zero-order valence-electron chi connectivity index (χ0n) is 15.9. The second kappa shape index (κ2) is 8.20. The quantitative estimate of drug-likeness (QED) is 0.483. The number of anilines is 1. The minimum atomic E-state index is -0.619. The molecule has 3 aromatic rings. The molecule has 1 aliphatic rings. The van der Waals surface area contributed by atoms with Gasteiger partial charge < -0.3 is 10.5 Å². The molecule has 1 aliphatic carbocycles. The van der Waals surface area contributed by atoms with Crippen LogP contribution in [0.15, 0.2) is 36.8 Å². The zero-order valence-corrected chi connectivity index (χ0v) is 17.4. The monoisotopic (exact) mass is 434 g/mol. The third-order valence-electron chi connectivity index (χ3n) is 5.31. The summed E-state index contributed by atoms with van der Waals surface area (Å²) in [6.45, 7) is 1.73. The van der Waals surface area contributed by atoms with Gasteiger partial charge in [0.15, 0.2) is 11.6 Å². The number of benzene rings is 1. The molecule has 1 aromatic carbocycles. The van der Waals surface area contributed by atoms with Crippen LogP contribution in [0.2, 0.25) is 10.0 Å². The molecule has 2 heterocycles. The predicted octanol–water partition coefficient (Wildman–Crippen LogP) is 6.23. The highest BCUT2D eigenvalue weighted by Gasteiger charge is 2.21. The normalized spacial score (nSPS) is 15.6. The highest BCUT2D eigenvalue weighted by Crippen LogP contribution is 2.37. The van der Waals surface area contributed by atoms with Crippen molar-refractivity contribution in [1.29, 1.82) is 0 Å². The molecule has 152 valence electrons. The van der Waals surface area contributed by atoms with Gasteiger partial charge in [-0.2, -0.15) is 5.10 Å². The van der Waals surface area contributed by atoms with Gasteiger partial charge in [-0.25, -0.2) is 9.37 Å². The SMILES string of the molecule is CC(Oc1cc(-c2cnn(C3CCCC3)c2)cnc1N)c1c(Cl)ccc(F)c1Cl. The van der Waals surface area contributed by atoms with Crippen molar-refractivity contribution in [3.05, 3.63) is 58.2 Å². The molecule has 2 N–H and O–H groups in total. The second-order valence-electron chi connectivity index (χ2n) is 7.27. The summed E-state index contributed by atoms with van der Waals surface area (Å²) in [5.41, 5.74) is 8.14. The van der Waals surface area contributed by atoms with E-state index in [0.717, 1.165) is 24.0 Å². The Morgan fingerprint density at radius 1 is 1.21 bits per heavy atom. The summed E-state index contributed by atoms with van der Waals surface area (Å²) in [6.07, 6.45) is 9.70. The van der Waals surface area contributed by atoms with E-state index in [2.05, 4.69) is 10.1 Å². The maximum Gasteiger partial charge on any atom is 0.166 e. The van der Waals surface area contributed by atoms with Crippen molar-refractivity contribution in [1.82, 2.24) is 14.8 Å². The number of hydrogen-bond donors (Lipinski definition) is 1. The molecule has 0 radical (unpaired) electrons. The number of pyridine rings is 1. The molecule has 0 aliphatic heterocycles. The van der Waals surface area contributed by atoms with Gasteiger partial charge in [0.1, 0.15) is 11.9 Å². The van der Waals surface area contributed by atoms with Crippen molar-refractivity contribution in [2.75, 3.05) is 5.73 Å². The lowest BCUT2D eigenvalue weighted by atomic mass is 10.1. The van der Waals surface area contributed by atoms with Crippen LogP contribution in [-0.2, 0) is 0 Å². The smallest absolute Gasteiger partial charge is 0.166 e. The molecule has 0 bridgehead atoms. The molecule has 4 rings (SSSR count). The molecule has 0 amide bonds. The van der Waals surface area contributed by atoms with Crippen LogP contribution in [0.5, 0.6) is 5.75 Å². The zero-order chi connectivity index (χ0) is 20.5. The summed E-state index contributed by atoms with van der Waals surface area (Å²) in [6, 6.07) is 4.93. The van der Waals surface area contributed by atoms with Gasteiger partial charge in [0.25, 0.3) is 0 Å². The average Bonchev–Trinajstić information content (AvgIpc) is 3.38. The Hall–Kier alpha value is -2.31. The Kier molecular flexibility index (Phi) is 5.65. The van der Waals surface area contributed by atoms with E-state index in [4.69, 9.17) is 33.7 Å². The van der Waals surface area contributed by atoms with E-state index >= 15 is 0 Å². The van der Waals surface area contributed by atoms with Crippen LogP contribution in [0.1, 0.15) is 50.3 Å². The van der Waals surface area contributed by atoms with Gasteiger partial charge >= 0.3 is 0 Å². The second-order valence-corrected chi connectivity index (χ2v) is 8.06. The number of aromatic nitrogens is 3. The summed E-state index contributed by atoms with van der Waals surface area (Å²) in [5, 5.41) is 4.77. The van der Waals surface area contributed by atoms with E-state index in [1.807, 2.05) is 17.1 Å². The lowest BCUT2D eigenvalue weighted by Gasteiger charge is -2.19. The number of nitrogens with two attached hydrogens (primary N) is 1. The Morgan fingerprint density at radius 3 is 2.72 bits per heavy atom. The standard InChI is InChI=1S/C21H21Cl2FN4O/c1-12(19-16(22)6-7-17(24)20(19)23)29-18-8-13(9-26-21(18)25)14-10-27-28(11-14)15-4-2-3-5-15/h6-12,15H,2-5H2,1H3,(H2,25,26). The number of halogens is 3. The Balaban J connectivity index is 1.60. The van der Waals surface area contributed by atoms with E-state index in [1.165, 1.54) is 25.0 Å². The molecule has 1 saturated carbocycles. The number of nitrogens with zero attached hydrogens (tertiary/aromatic N) is 3. The van der Waals surface area contributed by atoms with E-state index in [1.54, 1.807) is 19.2 Å². The maximum atomic E-state index is 13.9. The topological polar surface area (TPSA) is 66.0 Å².